The second-order valence-electron chi connectivity index (χ2n) is 22.4. The highest BCUT2D eigenvalue weighted by Gasteiger charge is 2.31. The maximum absolute atomic E-state index is 13.8. The summed E-state index contributed by atoms with van der Waals surface area (Å²) in [6, 6.07) is 30.3. The number of aryl methyl sites for hydroxylation is 2. The molecule has 458 valence electrons. The zero-order valence-corrected chi connectivity index (χ0v) is 53.6. The van der Waals surface area contributed by atoms with Gasteiger partial charge in [0.05, 0.1) is 56.6 Å². The van der Waals surface area contributed by atoms with Crippen molar-refractivity contribution in [2.75, 3.05) is 59.2 Å². The molecule has 0 saturated heterocycles. The Morgan fingerprint density at radius 2 is 1.01 bits per heavy atom. The van der Waals surface area contributed by atoms with Crippen LogP contribution in [0, 0.1) is 0 Å². The van der Waals surface area contributed by atoms with Gasteiger partial charge in [-0.1, -0.05) is 83.5 Å². The molecule has 0 radical (unpaired) electrons. The highest BCUT2D eigenvalue weighted by Crippen LogP contribution is 2.37. The van der Waals surface area contributed by atoms with Crippen LogP contribution >= 0.6 is 27.5 Å². The van der Waals surface area contributed by atoms with Crippen molar-refractivity contribution in [1.29, 1.82) is 0 Å². The standard InChI is InChI=1S/C31H31N5O6S.C20H20BrNO3.C11H11ClN4O3S/c1-31(2,3)19-9-11-22-27(15-19)42-14-13-36(29(22)38)26-8-6-7-21(23(26)18-37)24-16-25(30(39)35(4)34-24)33-28-12-10-20(17-32-28)43(5,40)41;1-20(2,3)13-7-8-14-18(11-13)25-10-9-22(19(14)24)17-6-4-5-16(21)15(17)12-23;1-16-11(17)8(5-9(12)15-16)14-10-4-3-7(6-13-10)20(2,18)19/h6-12,15-18H,13-14H2,1-5H3,(H,32,33);4-8,11-12H,9-10H2,1-3H3;3-6H,1-2H3,(H,13,14). The number of sulfone groups is 2. The van der Waals surface area contributed by atoms with E-state index in [-0.39, 0.29) is 79.1 Å². The molecule has 0 unspecified atom stereocenters. The minimum atomic E-state index is -3.44. The molecule has 10 rings (SSSR count). The molecule has 88 heavy (non-hydrogen) atoms. The van der Waals surface area contributed by atoms with Crippen LogP contribution in [0.25, 0.3) is 11.3 Å². The Labute approximate surface area is 521 Å². The van der Waals surface area contributed by atoms with Crippen molar-refractivity contribution in [3.05, 3.63) is 185 Å². The fourth-order valence-electron chi connectivity index (χ4n) is 9.15. The van der Waals surface area contributed by atoms with E-state index in [2.05, 4.69) is 88.3 Å². The number of halogens is 2. The Kier molecular flexibility index (Phi) is 19.4. The van der Waals surface area contributed by atoms with Gasteiger partial charge in [-0.05, 0) is 111 Å². The number of pyridine rings is 2. The summed E-state index contributed by atoms with van der Waals surface area (Å²) in [6.45, 7) is 13.8. The fraction of sp³-hybridized carbons (Fsp3) is 0.258. The van der Waals surface area contributed by atoms with Gasteiger partial charge in [-0.25, -0.2) is 36.2 Å². The number of hydrogen-bond acceptors (Lipinski definition) is 18. The van der Waals surface area contributed by atoms with Crippen LogP contribution in [0.2, 0.25) is 5.15 Å². The van der Waals surface area contributed by atoms with Crippen molar-refractivity contribution in [2.24, 2.45) is 14.1 Å². The highest BCUT2D eigenvalue weighted by molar-refractivity contribution is 9.10. The van der Waals surface area contributed by atoms with E-state index in [1.54, 1.807) is 41.3 Å². The molecule has 2 aliphatic heterocycles. The van der Waals surface area contributed by atoms with Crippen LogP contribution in [0.1, 0.15) is 94.1 Å². The summed E-state index contributed by atoms with van der Waals surface area (Å²) in [7, 11) is -3.79. The van der Waals surface area contributed by atoms with E-state index in [1.165, 1.54) is 67.8 Å². The first-order valence-electron chi connectivity index (χ1n) is 27.1. The first-order valence-corrected chi connectivity index (χ1v) is 32.0. The Morgan fingerprint density at radius 3 is 1.44 bits per heavy atom. The molecule has 0 bridgehead atoms. The van der Waals surface area contributed by atoms with E-state index in [4.69, 9.17) is 21.1 Å². The van der Waals surface area contributed by atoms with E-state index in [9.17, 15) is 45.6 Å². The zero-order valence-electron chi connectivity index (χ0n) is 49.6. The van der Waals surface area contributed by atoms with Gasteiger partial charge in [0.2, 0.25) is 0 Å². The number of ether oxygens (including phenoxy) is 2. The maximum atomic E-state index is 13.8. The third kappa shape index (κ3) is 14.9. The summed E-state index contributed by atoms with van der Waals surface area (Å²) in [6.07, 6.45) is 6.01. The quantitative estimate of drug-likeness (QED) is 0.114. The number of aromatic nitrogens is 6. The molecule has 4 aromatic carbocycles. The number of hydrogen-bond donors (Lipinski definition) is 2. The van der Waals surface area contributed by atoms with Crippen molar-refractivity contribution < 1.29 is 45.5 Å². The molecule has 6 heterocycles. The largest absolute Gasteiger partial charge is 0.491 e. The van der Waals surface area contributed by atoms with E-state index in [0.29, 0.717) is 80.5 Å². The molecule has 0 spiro atoms. The molecule has 0 atom stereocenters. The van der Waals surface area contributed by atoms with E-state index in [0.717, 1.165) is 39.3 Å². The first kappa shape index (κ1) is 65.1. The van der Waals surface area contributed by atoms with Crippen LogP contribution in [-0.2, 0) is 44.6 Å². The lowest BCUT2D eigenvalue weighted by atomic mass is 9.86. The summed E-state index contributed by atoms with van der Waals surface area (Å²) >= 11 is 9.14. The summed E-state index contributed by atoms with van der Waals surface area (Å²) in [5.41, 5.74) is 4.76. The fourth-order valence-corrected chi connectivity index (χ4v) is 10.9. The molecule has 0 aliphatic carbocycles. The number of anilines is 6. The van der Waals surface area contributed by atoms with Crippen LogP contribution in [-0.4, -0.2) is 110 Å². The van der Waals surface area contributed by atoms with Crippen LogP contribution in [0.15, 0.2) is 145 Å². The predicted octanol–water partition coefficient (Wildman–Crippen LogP) is 9.71. The van der Waals surface area contributed by atoms with Gasteiger partial charge in [-0.2, -0.15) is 10.2 Å². The Bertz CT molecular complexity index is 4400. The lowest BCUT2D eigenvalue weighted by molar-refractivity contribution is 0.0981. The normalized spacial score (nSPS) is 13.4. The highest BCUT2D eigenvalue weighted by atomic mass is 79.9. The van der Waals surface area contributed by atoms with Crippen LogP contribution in [0.5, 0.6) is 11.5 Å². The maximum Gasteiger partial charge on any atom is 0.290 e. The first-order chi connectivity index (χ1) is 41.4. The molecular weight excluding hydrogens is 1260 g/mol. The number of nitrogens with zero attached hydrogens (tertiary/aromatic N) is 8. The van der Waals surface area contributed by atoms with Crippen LogP contribution < -0.4 is 41.0 Å². The molecule has 4 aromatic heterocycles. The number of rotatable bonds is 11. The smallest absolute Gasteiger partial charge is 0.290 e. The third-order valence-corrected chi connectivity index (χ3v) is 17.0. The van der Waals surface area contributed by atoms with Crippen molar-refractivity contribution in [2.45, 2.75) is 62.2 Å². The summed E-state index contributed by atoms with van der Waals surface area (Å²) in [5, 5.41) is 14.0. The topological polar surface area (TPSA) is 281 Å². The lowest BCUT2D eigenvalue weighted by Gasteiger charge is -2.23. The lowest BCUT2D eigenvalue weighted by Crippen LogP contribution is -2.33. The van der Waals surface area contributed by atoms with E-state index in [1.807, 2.05) is 36.4 Å². The van der Waals surface area contributed by atoms with E-state index < -0.39 is 25.2 Å². The van der Waals surface area contributed by atoms with Crippen LogP contribution in [0.3, 0.4) is 0 Å². The number of amides is 2. The van der Waals surface area contributed by atoms with Crippen molar-refractivity contribution in [3.63, 3.8) is 0 Å². The Hall–Kier alpha value is -8.91. The molecule has 2 amide bonds. The molecule has 22 nitrogen and oxygen atoms in total. The van der Waals surface area contributed by atoms with Gasteiger partial charge < -0.3 is 29.9 Å². The van der Waals surface area contributed by atoms with Gasteiger partial charge in [-0.15, -0.1) is 0 Å². The molecular formula is C62H62BrClN10O12S2. The summed E-state index contributed by atoms with van der Waals surface area (Å²) < 4.78 is 60.9. The second-order valence-corrected chi connectivity index (χ2v) is 27.7. The molecule has 0 fully saturated rings. The Balaban J connectivity index is 0.000000188. The molecule has 0 saturated carbocycles. The SMILES string of the molecule is CC(C)(C)c1ccc2c(c1)OCCN(c1cccc(Br)c1C=O)C2=O.Cn1nc(-c2cccc(N3CCOc4cc(C(C)(C)C)ccc4C3=O)c2C=O)cc(Nc2ccc(S(C)(=O)=O)cn2)c1=O.Cn1nc(Cl)cc(Nc2ccc(S(C)(=O)=O)cn2)c1=O. The van der Waals surface area contributed by atoms with Crippen molar-refractivity contribution in [1.82, 2.24) is 29.5 Å². The average Bonchev–Trinajstić information content (AvgIpc) is 1.65. The third-order valence-electron chi connectivity index (χ3n) is 13.9. The number of carbonyl (C=O) groups excluding carboxylic acids is 4. The summed E-state index contributed by atoms with van der Waals surface area (Å²) in [5.74, 6) is 1.22. The molecule has 2 aliphatic rings. The number of nitrogens with one attached hydrogen (secondary N) is 2. The molecule has 26 heteroatoms. The molecule has 8 aromatic rings. The monoisotopic (exact) mass is 1320 g/mol. The Morgan fingerprint density at radius 1 is 0.568 bits per heavy atom. The van der Waals surface area contributed by atoms with Crippen molar-refractivity contribution >= 4 is 106 Å². The summed E-state index contributed by atoms with van der Waals surface area (Å²) in [4.78, 5) is 86.9. The number of aldehydes is 2. The number of carbonyl (C=O) groups is 4. The second kappa shape index (κ2) is 26.2. The van der Waals surface area contributed by atoms with Gasteiger partial charge in [0.25, 0.3) is 22.9 Å². The van der Waals surface area contributed by atoms with E-state index >= 15 is 0 Å². The van der Waals surface area contributed by atoms with Gasteiger partial charge >= 0.3 is 0 Å². The average molecular weight is 1320 g/mol. The molecule has 2 N–H and O–H groups in total. The van der Waals surface area contributed by atoms with Crippen molar-refractivity contribution in [3.8, 4) is 22.8 Å². The number of fused-ring (bicyclic) bond motifs is 2. The van der Waals surface area contributed by atoms with Gasteiger partial charge in [0.15, 0.2) is 37.4 Å². The van der Waals surface area contributed by atoms with Gasteiger partial charge in [0, 0.05) is 60.7 Å². The number of benzene rings is 4. The minimum Gasteiger partial charge on any atom is -0.491 e. The van der Waals surface area contributed by atoms with Crippen LogP contribution in [0.4, 0.5) is 34.4 Å². The zero-order chi connectivity index (χ0) is 64.2. The van der Waals surface area contributed by atoms with Gasteiger partial charge in [-0.3, -0.25) is 28.8 Å². The van der Waals surface area contributed by atoms with Gasteiger partial charge in [0.1, 0.15) is 47.7 Å². The predicted molar refractivity (Wildman–Crippen MR) is 340 cm³/mol. The minimum absolute atomic E-state index is 0.0254.